The summed E-state index contributed by atoms with van der Waals surface area (Å²) < 4.78 is 0. The van der Waals surface area contributed by atoms with Crippen LogP contribution < -0.4 is 5.32 Å². The van der Waals surface area contributed by atoms with Gasteiger partial charge in [0.05, 0.1) is 16.7 Å². The van der Waals surface area contributed by atoms with Crippen molar-refractivity contribution in [3.8, 4) is 6.07 Å². The van der Waals surface area contributed by atoms with Crippen LogP contribution in [-0.2, 0) is 10.3 Å². The van der Waals surface area contributed by atoms with Gasteiger partial charge in [-0.15, -0.1) is 0 Å². The molecule has 3 aromatic rings. The molecule has 0 unspecified atom stereocenters. The van der Waals surface area contributed by atoms with E-state index >= 15 is 0 Å². The van der Waals surface area contributed by atoms with Crippen LogP contribution in [0.2, 0.25) is 0 Å². The lowest BCUT2D eigenvalue weighted by Gasteiger charge is -2.41. The molecule has 1 spiro atoms. The van der Waals surface area contributed by atoms with Crippen molar-refractivity contribution in [2.24, 2.45) is 5.10 Å². The smallest absolute Gasteiger partial charge is 0.285 e. The van der Waals surface area contributed by atoms with Crippen LogP contribution in [0.15, 0.2) is 89.5 Å². The van der Waals surface area contributed by atoms with E-state index in [0.717, 1.165) is 22.5 Å². The first-order chi connectivity index (χ1) is 15.6. The van der Waals surface area contributed by atoms with Gasteiger partial charge in [-0.05, 0) is 24.3 Å². The minimum atomic E-state index is -1.17. The average Bonchev–Trinajstić information content (AvgIpc) is 3.10. The molecule has 0 aliphatic carbocycles. The van der Waals surface area contributed by atoms with E-state index < -0.39 is 16.4 Å². The van der Waals surface area contributed by atoms with E-state index in [1.54, 1.807) is 24.3 Å². The Morgan fingerprint density at radius 2 is 1.59 bits per heavy atom. The summed E-state index contributed by atoms with van der Waals surface area (Å²) in [6.45, 7) is 0. The number of hydrogen-bond acceptors (Lipinski definition) is 6. The van der Waals surface area contributed by atoms with Crippen molar-refractivity contribution in [1.82, 2.24) is 5.01 Å². The molecule has 0 aromatic heterocycles. The molecule has 3 aromatic carbocycles. The Bertz CT molecular complexity index is 1340. The Hall–Kier alpha value is -4.77. The first kappa shape index (κ1) is 19.2. The number of fused-ring (bicyclic) bond motifs is 4. The maximum atomic E-state index is 13.2. The van der Waals surface area contributed by atoms with Crippen LogP contribution >= 0.6 is 0 Å². The third kappa shape index (κ3) is 2.69. The third-order valence-electron chi connectivity index (χ3n) is 5.62. The number of carbonyl (C=O) groups excluding carboxylic acids is 1. The molecule has 0 atom stereocenters. The highest BCUT2D eigenvalue weighted by atomic mass is 16.6. The van der Waals surface area contributed by atoms with Crippen LogP contribution in [0.1, 0.15) is 16.7 Å². The van der Waals surface area contributed by atoms with Gasteiger partial charge >= 0.3 is 0 Å². The molecule has 1 N–H and O–H groups in total. The molecule has 5 rings (SSSR count). The fourth-order valence-electron chi connectivity index (χ4n) is 4.24. The van der Waals surface area contributed by atoms with Crippen molar-refractivity contribution in [1.29, 1.82) is 5.26 Å². The van der Waals surface area contributed by atoms with Crippen molar-refractivity contribution in [2.45, 2.75) is 5.54 Å². The van der Waals surface area contributed by atoms with E-state index in [-0.39, 0.29) is 16.8 Å². The molecule has 1 amide bonds. The minimum Gasteiger partial charge on any atom is -0.355 e. The molecule has 2 aliphatic rings. The Morgan fingerprint density at radius 1 is 1.00 bits per heavy atom. The zero-order valence-electron chi connectivity index (χ0n) is 16.6. The summed E-state index contributed by atoms with van der Waals surface area (Å²) >= 11 is 0. The van der Waals surface area contributed by atoms with Gasteiger partial charge in [-0.2, -0.15) is 10.4 Å². The van der Waals surface area contributed by atoms with E-state index in [2.05, 4.69) is 10.4 Å². The molecule has 8 nitrogen and oxygen atoms in total. The standard InChI is InChI=1S/C24H15N5O3/c25-14-17-13-24(18-8-2-4-10-20(18)27-21-11-5-3-9-19(21)24)28(23(17)30)26-15-16-7-1-6-12-22(16)29(31)32/h1-13,15,27H/b26-15+. The zero-order valence-corrected chi connectivity index (χ0v) is 16.6. The number of nitriles is 1. The van der Waals surface area contributed by atoms with Gasteiger partial charge in [0.1, 0.15) is 17.2 Å². The number of para-hydroxylation sites is 3. The molecule has 2 aliphatic heterocycles. The molecule has 0 bridgehead atoms. The van der Waals surface area contributed by atoms with E-state index in [4.69, 9.17) is 0 Å². The van der Waals surface area contributed by atoms with Gasteiger partial charge in [-0.1, -0.05) is 48.5 Å². The van der Waals surface area contributed by atoms with Crippen molar-refractivity contribution in [3.05, 3.63) is 111 Å². The number of nitro benzene ring substituents is 1. The first-order valence-corrected chi connectivity index (χ1v) is 9.77. The summed E-state index contributed by atoms with van der Waals surface area (Å²) in [5.41, 5.74) is 1.96. The molecular formula is C24H15N5O3. The molecule has 0 saturated carbocycles. The van der Waals surface area contributed by atoms with Gasteiger partial charge in [0.15, 0.2) is 0 Å². The quantitative estimate of drug-likeness (QED) is 0.387. The Kier molecular flexibility index (Phi) is 4.31. The lowest BCUT2D eigenvalue weighted by molar-refractivity contribution is -0.385. The number of nitro groups is 1. The van der Waals surface area contributed by atoms with Crippen LogP contribution in [0.4, 0.5) is 17.1 Å². The number of benzene rings is 3. The molecule has 8 heteroatoms. The average molecular weight is 421 g/mol. The van der Waals surface area contributed by atoms with E-state index in [0.29, 0.717) is 0 Å². The van der Waals surface area contributed by atoms with Gasteiger partial charge in [0.2, 0.25) is 0 Å². The predicted octanol–water partition coefficient (Wildman–Crippen LogP) is 4.22. The number of anilines is 2. The van der Waals surface area contributed by atoms with Gasteiger partial charge in [-0.3, -0.25) is 14.9 Å². The Morgan fingerprint density at radius 3 is 2.22 bits per heavy atom. The molecule has 0 fully saturated rings. The highest BCUT2D eigenvalue weighted by Crippen LogP contribution is 2.52. The monoisotopic (exact) mass is 421 g/mol. The van der Waals surface area contributed by atoms with Crippen LogP contribution in [0.3, 0.4) is 0 Å². The van der Waals surface area contributed by atoms with E-state index in [9.17, 15) is 20.2 Å². The second-order valence-electron chi connectivity index (χ2n) is 7.33. The van der Waals surface area contributed by atoms with Crippen LogP contribution in [0, 0.1) is 21.4 Å². The van der Waals surface area contributed by atoms with Gasteiger partial charge in [-0.25, -0.2) is 5.01 Å². The highest BCUT2D eigenvalue weighted by molar-refractivity contribution is 6.03. The van der Waals surface area contributed by atoms with Gasteiger partial charge in [0, 0.05) is 28.6 Å². The summed E-state index contributed by atoms with van der Waals surface area (Å²) in [6, 6.07) is 23.1. The van der Waals surface area contributed by atoms with Crippen molar-refractivity contribution >= 4 is 29.2 Å². The lowest BCUT2D eigenvalue weighted by Crippen LogP contribution is -2.44. The lowest BCUT2D eigenvalue weighted by atomic mass is 9.78. The minimum absolute atomic E-state index is 0.0452. The molecule has 32 heavy (non-hydrogen) atoms. The topological polar surface area (TPSA) is 112 Å². The number of hydrazone groups is 1. The summed E-state index contributed by atoms with van der Waals surface area (Å²) in [5, 5.41) is 30.1. The third-order valence-corrected chi connectivity index (χ3v) is 5.62. The predicted molar refractivity (Wildman–Crippen MR) is 118 cm³/mol. The summed E-state index contributed by atoms with van der Waals surface area (Å²) in [5.74, 6) is -0.575. The second-order valence-corrected chi connectivity index (χ2v) is 7.33. The summed E-state index contributed by atoms with van der Waals surface area (Å²) in [4.78, 5) is 24.1. The number of hydrogen-bond donors (Lipinski definition) is 1. The van der Waals surface area contributed by atoms with E-state index in [1.807, 2.05) is 54.6 Å². The second kappa shape index (κ2) is 7.18. The molecule has 0 saturated heterocycles. The number of nitrogens with one attached hydrogen (secondary N) is 1. The number of amides is 1. The first-order valence-electron chi connectivity index (χ1n) is 9.77. The molecule has 2 heterocycles. The van der Waals surface area contributed by atoms with Crippen LogP contribution in [0.5, 0.6) is 0 Å². The van der Waals surface area contributed by atoms with E-state index in [1.165, 1.54) is 17.3 Å². The van der Waals surface area contributed by atoms with Crippen molar-refractivity contribution < 1.29 is 9.72 Å². The van der Waals surface area contributed by atoms with Crippen LogP contribution in [0.25, 0.3) is 0 Å². The maximum absolute atomic E-state index is 13.2. The summed E-state index contributed by atoms with van der Waals surface area (Å²) in [7, 11) is 0. The molecule has 0 radical (unpaired) electrons. The fraction of sp³-hybridized carbons (Fsp3) is 0.0417. The number of nitrogens with zero attached hydrogens (tertiary/aromatic N) is 4. The zero-order chi connectivity index (χ0) is 22.3. The normalized spacial score (nSPS) is 15.7. The van der Waals surface area contributed by atoms with Crippen LogP contribution in [-0.4, -0.2) is 22.1 Å². The number of rotatable bonds is 3. The Labute approximate surface area is 182 Å². The van der Waals surface area contributed by atoms with Crippen molar-refractivity contribution in [2.75, 3.05) is 5.32 Å². The highest BCUT2D eigenvalue weighted by Gasteiger charge is 2.52. The van der Waals surface area contributed by atoms with Crippen molar-refractivity contribution in [3.63, 3.8) is 0 Å². The molecular weight excluding hydrogens is 406 g/mol. The van der Waals surface area contributed by atoms with Gasteiger partial charge in [0.25, 0.3) is 11.6 Å². The number of carbonyl (C=O) groups is 1. The largest absolute Gasteiger partial charge is 0.355 e. The summed E-state index contributed by atoms with van der Waals surface area (Å²) in [6.07, 6.45) is 2.91. The SMILES string of the molecule is N#CC1=CC2(c3ccccc3Nc3ccccc32)N(/N=C/c2ccccc2[N+](=O)[O-])C1=O. The fourth-order valence-corrected chi connectivity index (χ4v) is 4.24. The molecule has 154 valence electrons. The van der Waals surface area contributed by atoms with Gasteiger partial charge < -0.3 is 5.32 Å². The Balaban J connectivity index is 1.75. The maximum Gasteiger partial charge on any atom is 0.285 e.